The molecule has 3 nitrogen and oxygen atoms in total. The monoisotopic (exact) mass is 379 g/mol. The van der Waals surface area contributed by atoms with Gasteiger partial charge in [-0.2, -0.15) is 0 Å². The summed E-state index contributed by atoms with van der Waals surface area (Å²) < 4.78 is 39.9. The molecule has 1 aromatic carbocycles. The number of halogens is 2. The third-order valence-electron chi connectivity index (χ3n) is 3.18. The van der Waals surface area contributed by atoms with Gasteiger partial charge in [0.2, 0.25) is 10.0 Å². The lowest BCUT2D eigenvalue weighted by Crippen LogP contribution is -2.25. The molecule has 21 heavy (non-hydrogen) atoms. The molecule has 0 bridgehead atoms. The normalized spacial score (nSPS) is 12.0. The average molecular weight is 380 g/mol. The Morgan fingerprint density at radius 3 is 2.48 bits per heavy atom. The third-order valence-corrected chi connectivity index (χ3v) is 5.62. The zero-order chi connectivity index (χ0) is 15.9. The third kappa shape index (κ3) is 6.89. The Labute approximate surface area is 135 Å². The van der Waals surface area contributed by atoms with Crippen molar-refractivity contribution in [2.45, 2.75) is 50.8 Å². The molecular formula is C15H23BrFNO2S. The molecule has 0 aliphatic heterocycles. The molecule has 1 rings (SSSR count). The molecular weight excluding hydrogens is 357 g/mol. The van der Waals surface area contributed by atoms with Gasteiger partial charge in [0.15, 0.2) is 0 Å². The Kier molecular flexibility index (Phi) is 7.84. The number of sulfonamides is 1. The molecule has 1 N–H and O–H groups in total. The number of rotatable bonds is 9. The highest BCUT2D eigenvalue weighted by molar-refractivity contribution is 9.10. The molecule has 120 valence electrons. The maximum Gasteiger partial charge on any atom is 0.241 e. The summed E-state index contributed by atoms with van der Waals surface area (Å²) >= 11 is 3.08. The first-order chi connectivity index (χ1) is 9.83. The number of hydrogen-bond donors (Lipinski definition) is 1. The van der Waals surface area contributed by atoms with E-state index in [0.717, 1.165) is 37.3 Å². The first-order valence-corrected chi connectivity index (χ1v) is 9.55. The van der Waals surface area contributed by atoms with Crippen LogP contribution in [-0.4, -0.2) is 15.0 Å². The molecule has 0 atom stereocenters. The van der Waals surface area contributed by atoms with Crippen LogP contribution in [0.3, 0.4) is 0 Å². The number of benzene rings is 1. The van der Waals surface area contributed by atoms with Crippen molar-refractivity contribution in [3.63, 3.8) is 0 Å². The fourth-order valence-corrected chi connectivity index (χ4v) is 4.13. The molecule has 0 heterocycles. The fourth-order valence-electron chi connectivity index (χ4n) is 2.01. The van der Waals surface area contributed by atoms with Gasteiger partial charge >= 0.3 is 0 Å². The van der Waals surface area contributed by atoms with Gasteiger partial charge < -0.3 is 0 Å². The molecule has 0 aliphatic carbocycles. The van der Waals surface area contributed by atoms with Gasteiger partial charge in [-0.1, -0.05) is 39.5 Å². The van der Waals surface area contributed by atoms with Crippen molar-refractivity contribution in [2.75, 3.05) is 6.54 Å². The van der Waals surface area contributed by atoms with Crippen LogP contribution in [0.25, 0.3) is 0 Å². The van der Waals surface area contributed by atoms with Crippen molar-refractivity contribution in [3.8, 4) is 0 Å². The smallest absolute Gasteiger partial charge is 0.211 e. The Bertz CT molecular complexity index is 547. The van der Waals surface area contributed by atoms with E-state index in [1.165, 1.54) is 18.9 Å². The Morgan fingerprint density at radius 1 is 1.19 bits per heavy atom. The summed E-state index contributed by atoms with van der Waals surface area (Å²) in [7, 11) is -3.58. The molecule has 0 aromatic heterocycles. The minimum absolute atomic E-state index is 0.0729. The van der Waals surface area contributed by atoms with Gasteiger partial charge in [0.1, 0.15) is 5.82 Å². The highest BCUT2D eigenvalue weighted by Crippen LogP contribution is 2.22. The molecule has 6 heteroatoms. The summed E-state index contributed by atoms with van der Waals surface area (Å²) in [5.74, 6) is 0.255. The first-order valence-electron chi connectivity index (χ1n) is 7.27. The zero-order valence-electron chi connectivity index (χ0n) is 12.5. The highest BCUT2D eigenvalue weighted by atomic mass is 79.9. The predicted octanol–water partition coefficient (Wildman–Crippen LogP) is 4.47. The van der Waals surface area contributed by atoms with Crippen LogP contribution in [0, 0.1) is 11.7 Å². The van der Waals surface area contributed by atoms with Gasteiger partial charge in [0.05, 0.1) is 4.90 Å². The van der Waals surface area contributed by atoms with Gasteiger partial charge in [-0.3, -0.25) is 0 Å². The van der Waals surface area contributed by atoms with E-state index < -0.39 is 15.8 Å². The molecule has 0 saturated carbocycles. The molecule has 0 saturated heterocycles. The van der Waals surface area contributed by atoms with E-state index in [1.54, 1.807) is 0 Å². The van der Waals surface area contributed by atoms with Crippen LogP contribution < -0.4 is 4.72 Å². The van der Waals surface area contributed by atoms with E-state index in [9.17, 15) is 12.8 Å². The van der Waals surface area contributed by atoms with Crippen LogP contribution in [0.2, 0.25) is 0 Å². The van der Waals surface area contributed by atoms with Crippen LogP contribution >= 0.6 is 15.9 Å². The summed E-state index contributed by atoms with van der Waals surface area (Å²) in [6, 6.07) is 3.57. The molecule has 0 fully saturated rings. The summed E-state index contributed by atoms with van der Waals surface area (Å²) in [4.78, 5) is 0.0729. The Hall–Kier alpha value is -0.460. The second-order valence-electron chi connectivity index (χ2n) is 5.57. The van der Waals surface area contributed by atoms with E-state index in [2.05, 4.69) is 34.5 Å². The van der Waals surface area contributed by atoms with Gasteiger partial charge in [-0.05, 0) is 46.5 Å². The lowest BCUT2D eigenvalue weighted by atomic mass is 10.0. The molecule has 1 aromatic rings. The highest BCUT2D eigenvalue weighted by Gasteiger charge is 2.17. The first kappa shape index (κ1) is 18.6. The van der Waals surface area contributed by atoms with Crippen LogP contribution in [0.5, 0.6) is 0 Å². The topological polar surface area (TPSA) is 46.2 Å². The van der Waals surface area contributed by atoms with Crippen molar-refractivity contribution in [2.24, 2.45) is 5.92 Å². The van der Waals surface area contributed by atoms with Crippen molar-refractivity contribution < 1.29 is 12.8 Å². The van der Waals surface area contributed by atoms with Gasteiger partial charge in [0, 0.05) is 11.0 Å². The second-order valence-corrected chi connectivity index (χ2v) is 8.16. The average Bonchev–Trinajstić information content (AvgIpc) is 2.36. The SMILES string of the molecule is CC(C)CCCCCCNS(=O)(=O)c1ccc(F)cc1Br. The van der Waals surface area contributed by atoms with E-state index in [4.69, 9.17) is 0 Å². The standard InChI is InChI=1S/C15H23BrFNO2S/c1-12(2)7-5-3-4-6-10-18-21(19,20)15-9-8-13(17)11-14(15)16/h8-9,11-12,18H,3-7,10H2,1-2H3. The maximum atomic E-state index is 13.0. The lowest BCUT2D eigenvalue weighted by molar-refractivity contribution is 0.517. The number of nitrogens with one attached hydrogen (secondary N) is 1. The number of hydrogen-bond acceptors (Lipinski definition) is 2. The summed E-state index contributed by atoms with van der Waals surface area (Å²) in [6.45, 7) is 4.82. The Balaban J connectivity index is 2.37. The molecule has 0 unspecified atom stereocenters. The zero-order valence-corrected chi connectivity index (χ0v) is 14.9. The molecule has 0 amide bonds. The van der Waals surface area contributed by atoms with Gasteiger partial charge in [-0.25, -0.2) is 17.5 Å². The van der Waals surface area contributed by atoms with Crippen molar-refractivity contribution in [3.05, 3.63) is 28.5 Å². The fraction of sp³-hybridized carbons (Fsp3) is 0.600. The van der Waals surface area contributed by atoms with Gasteiger partial charge in [0.25, 0.3) is 0 Å². The quantitative estimate of drug-likeness (QED) is 0.643. The summed E-state index contributed by atoms with van der Waals surface area (Å²) in [6.07, 6.45) is 5.36. The van der Waals surface area contributed by atoms with E-state index in [0.29, 0.717) is 6.54 Å². The predicted molar refractivity (Wildman–Crippen MR) is 87.2 cm³/mol. The van der Waals surface area contributed by atoms with Crippen LogP contribution in [0.15, 0.2) is 27.6 Å². The molecule has 0 spiro atoms. The van der Waals surface area contributed by atoms with Gasteiger partial charge in [-0.15, -0.1) is 0 Å². The minimum atomic E-state index is -3.58. The van der Waals surface area contributed by atoms with E-state index >= 15 is 0 Å². The van der Waals surface area contributed by atoms with Crippen LogP contribution in [0.4, 0.5) is 4.39 Å². The minimum Gasteiger partial charge on any atom is -0.211 e. The maximum absolute atomic E-state index is 13.0. The van der Waals surface area contributed by atoms with Crippen molar-refractivity contribution in [1.29, 1.82) is 0 Å². The van der Waals surface area contributed by atoms with E-state index in [1.807, 2.05) is 0 Å². The lowest BCUT2D eigenvalue weighted by Gasteiger charge is -2.09. The van der Waals surface area contributed by atoms with Crippen molar-refractivity contribution >= 4 is 26.0 Å². The van der Waals surface area contributed by atoms with Crippen LogP contribution in [-0.2, 0) is 10.0 Å². The summed E-state index contributed by atoms with van der Waals surface area (Å²) in [5.41, 5.74) is 0. The van der Waals surface area contributed by atoms with Crippen molar-refractivity contribution in [1.82, 2.24) is 4.72 Å². The number of unbranched alkanes of at least 4 members (excludes halogenated alkanes) is 3. The molecule has 0 aliphatic rings. The molecule has 0 radical (unpaired) electrons. The largest absolute Gasteiger partial charge is 0.241 e. The van der Waals surface area contributed by atoms with E-state index in [-0.39, 0.29) is 9.37 Å². The summed E-state index contributed by atoms with van der Waals surface area (Å²) in [5, 5.41) is 0. The second kappa shape index (κ2) is 8.86. The Morgan fingerprint density at radius 2 is 1.86 bits per heavy atom. The van der Waals surface area contributed by atoms with Crippen LogP contribution in [0.1, 0.15) is 46.0 Å².